The fourth-order valence-corrected chi connectivity index (χ4v) is 3.37. The summed E-state index contributed by atoms with van der Waals surface area (Å²) in [5.41, 5.74) is 3.43. The highest BCUT2D eigenvalue weighted by atomic mass is 16.5. The topological polar surface area (TPSA) is 41.6 Å². The Morgan fingerprint density at radius 1 is 1.12 bits per heavy atom. The van der Waals surface area contributed by atoms with Crippen molar-refractivity contribution in [2.45, 2.75) is 32.9 Å². The molecule has 0 aliphatic carbocycles. The van der Waals surface area contributed by atoms with E-state index in [1.54, 1.807) is 0 Å². The fourth-order valence-electron chi connectivity index (χ4n) is 3.37. The summed E-state index contributed by atoms with van der Waals surface area (Å²) in [5, 5.41) is 3.10. The van der Waals surface area contributed by atoms with Gasteiger partial charge in [-0.1, -0.05) is 48.5 Å². The van der Waals surface area contributed by atoms with Crippen molar-refractivity contribution in [3.8, 4) is 5.75 Å². The zero-order valence-corrected chi connectivity index (χ0v) is 15.0. The maximum atomic E-state index is 12.2. The Morgan fingerprint density at radius 2 is 1.84 bits per heavy atom. The molecule has 1 saturated heterocycles. The highest BCUT2D eigenvalue weighted by molar-refractivity contribution is 5.78. The van der Waals surface area contributed by atoms with E-state index in [1.165, 1.54) is 5.56 Å². The van der Waals surface area contributed by atoms with E-state index in [1.807, 2.05) is 38.1 Å². The van der Waals surface area contributed by atoms with Crippen LogP contribution in [0.1, 0.15) is 23.1 Å². The number of nitrogens with zero attached hydrogens (tertiary/aromatic N) is 1. The predicted octanol–water partition coefficient (Wildman–Crippen LogP) is 3.07. The summed E-state index contributed by atoms with van der Waals surface area (Å²) >= 11 is 0. The second-order valence-electron chi connectivity index (χ2n) is 6.78. The molecule has 1 unspecified atom stereocenters. The molecule has 132 valence electrons. The van der Waals surface area contributed by atoms with E-state index in [4.69, 9.17) is 4.74 Å². The number of carbonyl (C=O) groups is 1. The molecule has 1 N–H and O–H groups in total. The van der Waals surface area contributed by atoms with E-state index in [0.717, 1.165) is 42.9 Å². The van der Waals surface area contributed by atoms with Crippen LogP contribution in [0.15, 0.2) is 48.5 Å². The standard InChI is InChI=1S/C21H26N2O2/c1-16-7-6-8-17(2)21(16)25-15-20(24)22-19-11-12-23(14-19)13-18-9-4-3-5-10-18/h3-10,19H,11-15H2,1-2H3,(H,22,24). The molecule has 0 aromatic heterocycles. The van der Waals surface area contributed by atoms with Crippen molar-refractivity contribution in [2.75, 3.05) is 19.7 Å². The maximum Gasteiger partial charge on any atom is 0.258 e. The number of carbonyl (C=O) groups excluding carboxylic acids is 1. The van der Waals surface area contributed by atoms with Gasteiger partial charge in [-0.3, -0.25) is 9.69 Å². The maximum absolute atomic E-state index is 12.2. The van der Waals surface area contributed by atoms with Crippen molar-refractivity contribution in [1.82, 2.24) is 10.2 Å². The molecule has 1 aliphatic rings. The summed E-state index contributed by atoms with van der Waals surface area (Å²) in [7, 11) is 0. The minimum atomic E-state index is -0.0470. The monoisotopic (exact) mass is 338 g/mol. The Morgan fingerprint density at radius 3 is 2.56 bits per heavy atom. The third-order valence-electron chi connectivity index (χ3n) is 4.64. The lowest BCUT2D eigenvalue weighted by Crippen LogP contribution is -2.39. The molecule has 0 saturated carbocycles. The molecule has 3 rings (SSSR count). The van der Waals surface area contributed by atoms with Gasteiger partial charge in [-0.2, -0.15) is 0 Å². The summed E-state index contributed by atoms with van der Waals surface area (Å²) in [6.45, 7) is 6.91. The van der Waals surface area contributed by atoms with Crippen molar-refractivity contribution in [3.05, 3.63) is 65.2 Å². The third kappa shape index (κ3) is 4.83. The van der Waals surface area contributed by atoms with Crippen LogP contribution < -0.4 is 10.1 Å². The number of para-hydroxylation sites is 1. The van der Waals surface area contributed by atoms with Gasteiger partial charge >= 0.3 is 0 Å². The van der Waals surface area contributed by atoms with Gasteiger partial charge in [0.2, 0.25) is 0 Å². The van der Waals surface area contributed by atoms with Crippen LogP contribution in [0.4, 0.5) is 0 Å². The Balaban J connectivity index is 1.44. The lowest BCUT2D eigenvalue weighted by atomic mass is 10.1. The van der Waals surface area contributed by atoms with Gasteiger partial charge in [0.05, 0.1) is 0 Å². The Kier molecular flexibility index (Phi) is 5.71. The number of rotatable bonds is 6. The lowest BCUT2D eigenvalue weighted by molar-refractivity contribution is -0.123. The van der Waals surface area contributed by atoms with E-state index >= 15 is 0 Å². The van der Waals surface area contributed by atoms with Crippen LogP contribution in [0.3, 0.4) is 0 Å². The normalized spacial score (nSPS) is 17.4. The molecule has 4 nitrogen and oxygen atoms in total. The van der Waals surface area contributed by atoms with Crippen molar-refractivity contribution >= 4 is 5.91 Å². The lowest BCUT2D eigenvalue weighted by Gasteiger charge is -2.17. The van der Waals surface area contributed by atoms with Gasteiger partial charge in [0.25, 0.3) is 5.91 Å². The van der Waals surface area contributed by atoms with E-state index in [9.17, 15) is 4.79 Å². The molecule has 1 heterocycles. The quantitative estimate of drug-likeness (QED) is 0.880. The molecule has 4 heteroatoms. The van der Waals surface area contributed by atoms with E-state index in [-0.39, 0.29) is 18.6 Å². The van der Waals surface area contributed by atoms with Gasteiger partial charge in [0.1, 0.15) is 5.75 Å². The number of ether oxygens (including phenoxy) is 1. The SMILES string of the molecule is Cc1cccc(C)c1OCC(=O)NC1CCN(Cc2ccccc2)C1. The second-order valence-corrected chi connectivity index (χ2v) is 6.78. The zero-order chi connectivity index (χ0) is 17.6. The van der Waals surface area contributed by atoms with Gasteiger partial charge in [-0.05, 0) is 37.0 Å². The number of hydrogen-bond donors (Lipinski definition) is 1. The van der Waals surface area contributed by atoms with Gasteiger partial charge in [0, 0.05) is 25.7 Å². The Hall–Kier alpha value is -2.33. The number of benzene rings is 2. The molecular weight excluding hydrogens is 312 g/mol. The van der Waals surface area contributed by atoms with Crippen LogP contribution in [-0.4, -0.2) is 36.5 Å². The molecule has 1 atom stereocenters. The van der Waals surface area contributed by atoms with Gasteiger partial charge in [0.15, 0.2) is 6.61 Å². The average Bonchev–Trinajstić information content (AvgIpc) is 3.02. The second kappa shape index (κ2) is 8.17. The average molecular weight is 338 g/mol. The van der Waals surface area contributed by atoms with Gasteiger partial charge in [-0.15, -0.1) is 0 Å². The van der Waals surface area contributed by atoms with E-state index in [0.29, 0.717) is 0 Å². The summed E-state index contributed by atoms with van der Waals surface area (Å²) < 4.78 is 5.74. The number of hydrogen-bond acceptors (Lipinski definition) is 3. The number of amides is 1. The molecule has 25 heavy (non-hydrogen) atoms. The predicted molar refractivity (Wildman–Crippen MR) is 99.7 cm³/mol. The van der Waals surface area contributed by atoms with Crippen LogP contribution in [0.5, 0.6) is 5.75 Å². The van der Waals surface area contributed by atoms with Crippen molar-refractivity contribution in [2.24, 2.45) is 0 Å². The number of nitrogens with one attached hydrogen (secondary N) is 1. The molecule has 1 aliphatic heterocycles. The van der Waals surface area contributed by atoms with Crippen LogP contribution in [0, 0.1) is 13.8 Å². The minimum Gasteiger partial charge on any atom is -0.483 e. The highest BCUT2D eigenvalue weighted by Crippen LogP contribution is 2.22. The molecule has 1 fully saturated rings. The van der Waals surface area contributed by atoms with E-state index in [2.05, 4.69) is 34.5 Å². The van der Waals surface area contributed by atoms with Crippen LogP contribution in [0.2, 0.25) is 0 Å². The van der Waals surface area contributed by atoms with Gasteiger partial charge in [-0.25, -0.2) is 0 Å². The summed E-state index contributed by atoms with van der Waals surface area (Å²) in [5.74, 6) is 0.768. The Labute approximate surface area is 149 Å². The van der Waals surface area contributed by atoms with E-state index < -0.39 is 0 Å². The van der Waals surface area contributed by atoms with Crippen molar-refractivity contribution in [3.63, 3.8) is 0 Å². The van der Waals surface area contributed by atoms with Crippen molar-refractivity contribution < 1.29 is 9.53 Å². The highest BCUT2D eigenvalue weighted by Gasteiger charge is 2.24. The van der Waals surface area contributed by atoms with Crippen LogP contribution >= 0.6 is 0 Å². The molecule has 2 aromatic carbocycles. The number of aryl methyl sites for hydroxylation is 2. The van der Waals surface area contributed by atoms with Gasteiger partial charge < -0.3 is 10.1 Å². The molecule has 0 bridgehead atoms. The molecule has 1 amide bonds. The first-order valence-electron chi connectivity index (χ1n) is 8.86. The number of likely N-dealkylation sites (tertiary alicyclic amines) is 1. The molecule has 0 spiro atoms. The molecular formula is C21H26N2O2. The van der Waals surface area contributed by atoms with Crippen LogP contribution in [-0.2, 0) is 11.3 Å². The van der Waals surface area contributed by atoms with Crippen molar-refractivity contribution in [1.29, 1.82) is 0 Å². The summed E-state index contributed by atoms with van der Waals surface area (Å²) in [4.78, 5) is 14.6. The third-order valence-corrected chi connectivity index (χ3v) is 4.64. The fraction of sp³-hybridized carbons (Fsp3) is 0.381. The smallest absolute Gasteiger partial charge is 0.258 e. The first-order valence-corrected chi connectivity index (χ1v) is 8.86. The molecule has 2 aromatic rings. The summed E-state index contributed by atoms with van der Waals surface area (Å²) in [6.07, 6.45) is 0.988. The largest absolute Gasteiger partial charge is 0.483 e. The summed E-state index contributed by atoms with van der Waals surface area (Å²) in [6, 6.07) is 16.7. The minimum absolute atomic E-state index is 0.0470. The first-order chi connectivity index (χ1) is 12.1. The first kappa shape index (κ1) is 17.5. The zero-order valence-electron chi connectivity index (χ0n) is 15.0. The Bertz CT molecular complexity index is 695. The van der Waals surface area contributed by atoms with Crippen LogP contribution in [0.25, 0.3) is 0 Å². The molecule has 0 radical (unpaired) electrons.